The Morgan fingerprint density at radius 3 is 1.50 bits per heavy atom. The van der Waals surface area contributed by atoms with E-state index in [1.54, 1.807) is 37.4 Å². The van der Waals surface area contributed by atoms with E-state index >= 15 is 0 Å². The van der Waals surface area contributed by atoms with Gasteiger partial charge >= 0.3 is 0 Å². The highest BCUT2D eigenvalue weighted by molar-refractivity contribution is 7.90. The van der Waals surface area contributed by atoms with E-state index in [1.165, 1.54) is 48.6 Å². The number of hydrogen-bond acceptors (Lipinski definition) is 5. The van der Waals surface area contributed by atoms with Crippen LogP contribution in [-0.4, -0.2) is 35.3 Å². The van der Waals surface area contributed by atoms with Crippen LogP contribution in [0, 0.1) is 0 Å². The molecule has 1 N–H and O–H groups in total. The number of sulfonamides is 2. The third-order valence-electron chi connectivity index (χ3n) is 3.78. The smallest absolute Gasteiger partial charge is 0.282 e. The van der Waals surface area contributed by atoms with Gasteiger partial charge in [0.2, 0.25) is 0 Å². The molecule has 0 saturated carbocycles. The van der Waals surface area contributed by atoms with Gasteiger partial charge in [0.25, 0.3) is 20.0 Å². The van der Waals surface area contributed by atoms with Gasteiger partial charge in [0.15, 0.2) is 0 Å². The minimum Gasteiger partial charge on any atom is -0.388 e. The molecule has 0 aliphatic heterocycles. The Balaban J connectivity index is 1.82. The van der Waals surface area contributed by atoms with Gasteiger partial charge in [-0.3, -0.25) is 0 Å². The van der Waals surface area contributed by atoms with E-state index in [2.05, 4.69) is 14.1 Å². The molecule has 28 heavy (non-hydrogen) atoms. The summed E-state index contributed by atoms with van der Waals surface area (Å²) in [6.07, 6.45) is 5.61. The van der Waals surface area contributed by atoms with Crippen molar-refractivity contribution in [2.75, 3.05) is 12.4 Å². The van der Waals surface area contributed by atoms with Crippen molar-refractivity contribution in [1.82, 2.24) is 0 Å². The summed E-state index contributed by atoms with van der Waals surface area (Å²) < 4.78 is 56.8. The lowest BCUT2D eigenvalue weighted by atomic mass is 10.1. The van der Waals surface area contributed by atoms with Gasteiger partial charge in [0, 0.05) is 12.7 Å². The van der Waals surface area contributed by atoms with Gasteiger partial charge in [0.05, 0.1) is 21.2 Å². The van der Waals surface area contributed by atoms with Crippen LogP contribution in [0.5, 0.6) is 0 Å². The lowest BCUT2D eigenvalue weighted by Gasteiger charge is -2.05. The van der Waals surface area contributed by atoms with Gasteiger partial charge in [-0.15, -0.1) is 0 Å². The van der Waals surface area contributed by atoms with Crippen molar-refractivity contribution in [3.8, 4) is 0 Å². The molecule has 0 saturated heterocycles. The van der Waals surface area contributed by atoms with E-state index in [9.17, 15) is 16.8 Å². The van der Waals surface area contributed by atoms with E-state index in [-0.39, 0.29) is 21.2 Å². The first kappa shape index (κ1) is 19.7. The third kappa shape index (κ3) is 4.62. The maximum Gasteiger partial charge on any atom is 0.282 e. The first-order valence-corrected chi connectivity index (χ1v) is 11.1. The lowest BCUT2D eigenvalue weighted by molar-refractivity contribution is 0.596. The van der Waals surface area contributed by atoms with Gasteiger partial charge < -0.3 is 5.32 Å². The van der Waals surface area contributed by atoms with Crippen LogP contribution in [0.1, 0.15) is 0 Å². The Bertz CT molecular complexity index is 1180. The van der Waals surface area contributed by atoms with E-state index in [1.807, 2.05) is 0 Å². The standard InChI is InChI=1S/C19H17N3O4S2/c1-20-15-11-13-19(14-12-15)28(25,26)22-17-9-7-16(8-10-17)21-27(23,24)18-5-3-2-4-6-18/h2-14,20H,1H3. The average Bonchev–Trinajstić information content (AvgIpc) is 2.70. The Morgan fingerprint density at radius 1 is 0.643 bits per heavy atom. The van der Waals surface area contributed by atoms with Crippen molar-refractivity contribution < 1.29 is 16.8 Å². The number of benzene rings is 2. The topological polar surface area (TPSA) is 105 Å². The monoisotopic (exact) mass is 415 g/mol. The van der Waals surface area contributed by atoms with E-state index in [4.69, 9.17) is 0 Å². The largest absolute Gasteiger partial charge is 0.388 e. The zero-order valence-corrected chi connectivity index (χ0v) is 16.5. The zero-order valence-electron chi connectivity index (χ0n) is 14.8. The second-order valence-electron chi connectivity index (χ2n) is 5.74. The van der Waals surface area contributed by atoms with Crippen LogP contribution < -0.4 is 5.32 Å². The summed E-state index contributed by atoms with van der Waals surface area (Å²) in [5, 5.41) is 2.91. The van der Waals surface area contributed by atoms with Crippen molar-refractivity contribution in [2.24, 2.45) is 8.80 Å². The molecule has 0 heterocycles. The van der Waals surface area contributed by atoms with Crippen LogP contribution in [-0.2, 0) is 20.0 Å². The molecule has 0 atom stereocenters. The molecule has 1 aliphatic rings. The second-order valence-corrected chi connectivity index (χ2v) is 8.94. The molecule has 2 aromatic rings. The first-order valence-electron chi connectivity index (χ1n) is 8.19. The Labute approximate surface area is 164 Å². The number of allylic oxidation sites excluding steroid dienone is 4. The Morgan fingerprint density at radius 2 is 1.07 bits per heavy atom. The second kappa shape index (κ2) is 7.91. The van der Waals surface area contributed by atoms with Gasteiger partial charge in [-0.05, 0) is 60.7 Å². The summed E-state index contributed by atoms with van der Waals surface area (Å²) in [6, 6.07) is 14.0. The predicted molar refractivity (Wildman–Crippen MR) is 110 cm³/mol. The fraction of sp³-hybridized carbons (Fsp3) is 0.0526. The van der Waals surface area contributed by atoms with Crippen molar-refractivity contribution in [1.29, 1.82) is 0 Å². The molecule has 0 spiro atoms. The van der Waals surface area contributed by atoms with Crippen LogP contribution in [0.3, 0.4) is 0 Å². The molecule has 0 aromatic heterocycles. The fourth-order valence-corrected chi connectivity index (χ4v) is 4.33. The third-order valence-corrected chi connectivity index (χ3v) is 6.42. The van der Waals surface area contributed by atoms with Crippen molar-refractivity contribution in [3.63, 3.8) is 0 Å². The van der Waals surface area contributed by atoms with Crippen LogP contribution in [0.2, 0.25) is 0 Å². The molecule has 2 aromatic carbocycles. The number of nitrogens with zero attached hydrogens (tertiary/aromatic N) is 2. The number of rotatable bonds is 5. The summed E-state index contributed by atoms with van der Waals surface area (Å²) >= 11 is 0. The summed E-state index contributed by atoms with van der Waals surface area (Å²) in [7, 11) is -5.99. The van der Waals surface area contributed by atoms with Crippen LogP contribution in [0.15, 0.2) is 97.5 Å². The summed E-state index contributed by atoms with van der Waals surface area (Å²) in [5.41, 5.74) is 1.14. The molecular weight excluding hydrogens is 398 g/mol. The summed E-state index contributed by atoms with van der Waals surface area (Å²) in [4.78, 5) is 0.142. The predicted octanol–water partition coefficient (Wildman–Crippen LogP) is 2.81. The highest BCUT2D eigenvalue weighted by atomic mass is 32.2. The average molecular weight is 415 g/mol. The molecule has 7 nitrogen and oxygen atoms in total. The summed E-state index contributed by atoms with van der Waals surface area (Å²) in [5.74, 6) is 0. The minimum atomic E-state index is -3.88. The molecule has 0 fully saturated rings. The molecule has 144 valence electrons. The number of nitrogens with one attached hydrogen (secondary N) is 1. The highest BCUT2D eigenvalue weighted by Crippen LogP contribution is 2.17. The Kier molecular flexibility index (Phi) is 5.57. The SMILES string of the molecule is CNc1ccc(S(=O)(=O)N=C2C=CC(=NS(=O)(=O)c3ccccc3)C=C2)cc1. The normalized spacial score (nSPS) is 14.0. The zero-order chi connectivity index (χ0) is 20.2. The van der Waals surface area contributed by atoms with E-state index in [0.717, 1.165) is 5.69 Å². The molecule has 9 heteroatoms. The molecule has 3 rings (SSSR count). The molecular formula is C19H17N3O4S2. The maximum atomic E-state index is 12.4. The fourth-order valence-electron chi connectivity index (χ4n) is 2.34. The number of anilines is 1. The van der Waals surface area contributed by atoms with Gasteiger partial charge in [-0.25, -0.2) is 0 Å². The minimum absolute atomic E-state index is 0.0620. The highest BCUT2D eigenvalue weighted by Gasteiger charge is 2.15. The van der Waals surface area contributed by atoms with E-state index in [0.29, 0.717) is 0 Å². The molecule has 0 bridgehead atoms. The van der Waals surface area contributed by atoms with Crippen LogP contribution in [0.25, 0.3) is 0 Å². The molecule has 0 amide bonds. The maximum absolute atomic E-state index is 12.4. The molecule has 0 unspecified atom stereocenters. The van der Waals surface area contributed by atoms with Crippen molar-refractivity contribution >= 4 is 37.2 Å². The Hall–Kier alpha value is -3.04. The van der Waals surface area contributed by atoms with Crippen molar-refractivity contribution in [3.05, 3.63) is 78.9 Å². The van der Waals surface area contributed by atoms with E-state index < -0.39 is 20.0 Å². The van der Waals surface area contributed by atoms with Crippen LogP contribution >= 0.6 is 0 Å². The quantitative estimate of drug-likeness (QED) is 0.756. The molecule has 1 aliphatic carbocycles. The lowest BCUT2D eigenvalue weighted by Crippen LogP contribution is -2.07. The van der Waals surface area contributed by atoms with Gasteiger partial charge in [0.1, 0.15) is 0 Å². The summed E-state index contributed by atoms with van der Waals surface area (Å²) in [6.45, 7) is 0. The first-order chi connectivity index (χ1) is 13.3. The van der Waals surface area contributed by atoms with Gasteiger partial charge in [-0.1, -0.05) is 18.2 Å². The van der Waals surface area contributed by atoms with Gasteiger partial charge in [-0.2, -0.15) is 25.6 Å². The number of hydrogen-bond donors (Lipinski definition) is 1. The van der Waals surface area contributed by atoms with Crippen molar-refractivity contribution in [2.45, 2.75) is 9.79 Å². The molecule has 0 radical (unpaired) electrons. The van der Waals surface area contributed by atoms with Crippen LogP contribution in [0.4, 0.5) is 5.69 Å².